The van der Waals surface area contributed by atoms with Crippen LogP contribution in [0.1, 0.15) is 73.6 Å². The molecule has 3 atom stereocenters. The lowest BCUT2D eigenvalue weighted by Gasteiger charge is -2.41. The molecule has 4 heteroatoms. The molecule has 0 N–H and O–H groups in total. The molecule has 0 aromatic heterocycles. The Bertz CT molecular complexity index is 449. The fraction of sp³-hybridized carbons (Fsp3) is 0.857. The molecular weight excluding hydrogens is 328 g/mol. The van der Waals surface area contributed by atoms with Crippen molar-refractivity contribution >= 4 is 14.3 Å². The minimum Gasteiger partial charge on any atom is -0.462 e. The Balaban J connectivity index is 2.85. The lowest BCUT2D eigenvalue weighted by atomic mass is 9.95. The highest BCUT2D eigenvalue weighted by Gasteiger charge is 2.40. The number of ether oxygens (including phenoxy) is 1. The minimum atomic E-state index is -1.81. The predicted molar refractivity (Wildman–Crippen MR) is 108 cm³/mol. The SMILES string of the molecule is CC(C)[C@H]1C/C=C/C[C@H](C)[C@@H](O[Si](C)(C)C(C)(C)C)CCCC(=O)O1. The van der Waals surface area contributed by atoms with E-state index in [4.69, 9.17) is 9.16 Å². The van der Waals surface area contributed by atoms with Gasteiger partial charge in [0.15, 0.2) is 8.32 Å². The molecule has 0 radical (unpaired) electrons. The van der Waals surface area contributed by atoms with Crippen LogP contribution in [0.3, 0.4) is 0 Å². The smallest absolute Gasteiger partial charge is 0.306 e. The Morgan fingerprint density at radius 3 is 2.36 bits per heavy atom. The lowest BCUT2D eigenvalue weighted by molar-refractivity contribution is -0.151. The molecule has 0 aromatic carbocycles. The van der Waals surface area contributed by atoms with E-state index in [1.807, 2.05) is 0 Å². The van der Waals surface area contributed by atoms with Crippen molar-refractivity contribution < 1.29 is 14.0 Å². The third-order valence-electron chi connectivity index (χ3n) is 5.83. The summed E-state index contributed by atoms with van der Waals surface area (Å²) in [6.07, 6.45) is 8.76. The quantitative estimate of drug-likeness (QED) is 0.343. The van der Waals surface area contributed by atoms with Crippen molar-refractivity contribution in [2.24, 2.45) is 11.8 Å². The van der Waals surface area contributed by atoms with Crippen LogP contribution in [-0.4, -0.2) is 26.5 Å². The third kappa shape index (κ3) is 7.26. The van der Waals surface area contributed by atoms with Crippen LogP contribution in [0.5, 0.6) is 0 Å². The van der Waals surface area contributed by atoms with Crippen molar-refractivity contribution in [2.45, 2.75) is 104 Å². The van der Waals surface area contributed by atoms with E-state index < -0.39 is 8.32 Å². The van der Waals surface area contributed by atoms with E-state index >= 15 is 0 Å². The molecule has 146 valence electrons. The van der Waals surface area contributed by atoms with E-state index in [2.05, 4.69) is 66.8 Å². The van der Waals surface area contributed by atoms with Gasteiger partial charge in [0, 0.05) is 18.9 Å². The van der Waals surface area contributed by atoms with Crippen LogP contribution in [0.25, 0.3) is 0 Å². The van der Waals surface area contributed by atoms with E-state index in [0.29, 0.717) is 18.3 Å². The van der Waals surface area contributed by atoms with Crippen LogP contribution < -0.4 is 0 Å². The lowest BCUT2D eigenvalue weighted by Crippen LogP contribution is -2.45. The molecule has 1 aliphatic rings. The molecule has 25 heavy (non-hydrogen) atoms. The first-order valence-corrected chi connectivity index (χ1v) is 12.9. The van der Waals surface area contributed by atoms with Crippen LogP contribution in [0.4, 0.5) is 0 Å². The molecule has 0 aromatic rings. The Morgan fingerprint density at radius 2 is 1.80 bits per heavy atom. The summed E-state index contributed by atoms with van der Waals surface area (Å²) in [6, 6.07) is 0. The molecule has 0 spiro atoms. The number of carbonyl (C=O) groups excluding carboxylic acids is 1. The maximum Gasteiger partial charge on any atom is 0.306 e. The summed E-state index contributed by atoms with van der Waals surface area (Å²) >= 11 is 0. The second-order valence-corrected chi connectivity index (χ2v) is 14.3. The van der Waals surface area contributed by atoms with Crippen LogP contribution in [-0.2, 0) is 14.0 Å². The van der Waals surface area contributed by atoms with Gasteiger partial charge in [0.05, 0.1) is 0 Å². The van der Waals surface area contributed by atoms with Gasteiger partial charge in [-0.25, -0.2) is 0 Å². The molecule has 3 nitrogen and oxygen atoms in total. The largest absolute Gasteiger partial charge is 0.462 e. The summed E-state index contributed by atoms with van der Waals surface area (Å²) in [4.78, 5) is 12.2. The second kappa shape index (κ2) is 9.36. The molecule has 1 aliphatic heterocycles. The fourth-order valence-electron chi connectivity index (χ4n) is 2.84. The van der Waals surface area contributed by atoms with Crippen LogP contribution in [0.15, 0.2) is 12.2 Å². The zero-order valence-electron chi connectivity index (χ0n) is 17.7. The van der Waals surface area contributed by atoms with Gasteiger partial charge in [-0.3, -0.25) is 4.79 Å². The van der Waals surface area contributed by atoms with E-state index in [9.17, 15) is 4.79 Å². The zero-order valence-corrected chi connectivity index (χ0v) is 18.7. The highest BCUT2D eigenvalue weighted by atomic mass is 28.4. The van der Waals surface area contributed by atoms with Gasteiger partial charge in [-0.15, -0.1) is 0 Å². The van der Waals surface area contributed by atoms with E-state index in [0.717, 1.165) is 25.7 Å². The van der Waals surface area contributed by atoms with E-state index in [-0.39, 0.29) is 23.2 Å². The van der Waals surface area contributed by atoms with Crippen molar-refractivity contribution in [3.8, 4) is 0 Å². The number of cyclic esters (lactones) is 1. The minimum absolute atomic E-state index is 0.00207. The topological polar surface area (TPSA) is 35.5 Å². The van der Waals surface area contributed by atoms with Gasteiger partial charge in [-0.1, -0.05) is 53.7 Å². The first-order valence-electron chi connectivity index (χ1n) is 9.96. The number of rotatable bonds is 3. The van der Waals surface area contributed by atoms with Crippen molar-refractivity contribution in [3.63, 3.8) is 0 Å². The van der Waals surface area contributed by atoms with Crippen LogP contribution in [0, 0.1) is 11.8 Å². The Kier molecular flexibility index (Phi) is 8.40. The van der Waals surface area contributed by atoms with Gasteiger partial charge < -0.3 is 9.16 Å². The average Bonchev–Trinajstić information content (AvgIpc) is 2.46. The van der Waals surface area contributed by atoms with E-state index in [1.165, 1.54) is 0 Å². The van der Waals surface area contributed by atoms with Gasteiger partial charge in [-0.2, -0.15) is 0 Å². The van der Waals surface area contributed by atoms with Gasteiger partial charge in [-0.05, 0) is 49.2 Å². The molecule has 1 rings (SSSR count). The molecule has 0 fully saturated rings. The highest BCUT2D eigenvalue weighted by molar-refractivity contribution is 6.74. The zero-order chi connectivity index (χ0) is 19.3. The van der Waals surface area contributed by atoms with Gasteiger partial charge in [0.1, 0.15) is 6.10 Å². The number of allylic oxidation sites excluding steroid dienone is 1. The first-order chi connectivity index (χ1) is 11.4. The van der Waals surface area contributed by atoms with Gasteiger partial charge in [0.25, 0.3) is 0 Å². The van der Waals surface area contributed by atoms with Gasteiger partial charge >= 0.3 is 5.97 Å². The number of hydrogen-bond acceptors (Lipinski definition) is 3. The molecule has 0 bridgehead atoms. The summed E-state index contributed by atoms with van der Waals surface area (Å²) in [6.45, 7) is 18.0. The summed E-state index contributed by atoms with van der Waals surface area (Å²) in [5, 5.41) is 0.204. The van der Waals surface area contributed by atoms with Crippen molar-refractivity contribution in [2.75, 3.05) is 0 Å². The summed E-state index contributed by atoms with van der Waals surface area (Å²) in [7, 11) is -1.81. The molecule has 0 amide bonds. The molecule has 0 aliphatic carbocycles. The molecular formula is C21H40O3Si. The summed E-state index contributed by atoms with van der Waals surface area (Å²) in [5.41, 5.74) is 0. The van der Waals surface area contributed by atoms with E-state index in [1.54, 1.807) is 0 Å². The standard InChI is InChI=1S/C21H40O3Si/c1-16(2)18-13-10-9-12-17(3)19(14-11-15-20(22)23-18)24-25(7,8)21(4,5)6/h9-10,16-19H,11-15H2,1-8H3/b10-9+/t17-,18+,19-/m0/s1. The maximum atomic E-state index is 12.2. The average molecular weight is 369 g/mol. The number of hydrogen-bond donors (Lipinski definition) is 0. The predicted octanol–water partition coefficient (Wildman–Crippen LogP) is 6.10. The van der Waals surface area contributed by atoms with Crippen molar-refractivity contribution in [1.29, 1.82) is 0 Å². The molecule has 0 saturated carbocycles. The van der Waals surface area contributed by atoms with Crippen molar-refractivity contribution in [1.82, 2.24) is 0 Å². The Hall–Kier alpha value is -0.613. The van der Waals surface area contributed by atoms with Crippen molar-refractivity contribution in [3.05, 3.63) is 12.2 Å². The summed E-state index contributed by atoms with van der Waals surface area (Å²) in [5.74, 6) is 0.758. The molecule has 1 heterocycles. The molecule has 0 saturated heterocycles. The number of esters is 1. The fourth-order valence-corrected chi connectivity index (χ4v) is 4.30. The Labute approximate surface area is 156 Å². The number of carbonyl (C=O) groups is 1. The monoisotopic (exact) mass is 368 g/mol. The maximum absolute atomic E-state index is 12.2. The third-order valence-corrected chi connectivity index (χ3v) is 10.3. The van der Waals surface area contributed by atoms with Gasteiger partial charge in [0.2, 0.25) is 0 Å². The van der Waals surface area contributed by atoms with Crippen LogP contribution >= 0.6 is 0 Å². The van der Waals surface area contributed by atoms with Crippen LogP contribution in [0.2, 0.25) is 18.1 Å². The summed E-state index contributed by atoms with van der Waals surface area (Å²) < 4.78 is 12.4. The second-order valence-electron chi connectivity index (χ2n) is 9.50. The highest BCUT2D eigenvalue weighted by Crippen LogP contribution is 2.39. The normalized spacial score (nSPS) is 28.8. The Morgan fingerprint density at radius 1 is 1.20 bits per heavy atom. The molecule has 0 unspecified atom stereocenters. The first kappa shape index (κ1) is 22.4.